The second-order valence-electron chi connectivity index (χ2n) is 3.91. The summed E-state index contributed by atoms with van der Waals surface area (Å²) in [6.07, 6.45) is 0. The number of aryl methyl sites for hydroxylation is 1. The van der Waals surface area contributed by atoms with Crippen LogP contribution in [0.25, 0.3) is 0 Å². The Bertz CT molecular complexity index is 733. The third-order valence-electron chi connectivity index (χ3n) is 2.55. The SMILES string of the molecule is COC(=O)c1cc(N=Nc2c(C)[nH][nH]c2=O)ccc1Cl. The molecule has 8 heteroatoms. The van der Waals surface area contributed by atoms with Gasteiger partial charge in [0.05, 0.1) is 29.1 Å². The Morgan fingerprint density at radius 3 is 2.65 bits per heavy atom. The van der Waals surface area contributed by atoms with Crippen molar-refractivity contribution in [1.29, 1.82) is 0 Å². The maximum absolute atomic E-state index is 11.5. The summed E-state index contributed by atoms with van der Waals surface area (Å²) < 4.78 is 4.61. The summed E-state index contributed by atoms with van der Waals surface area (Å²) in [4.78, 5) is 22.9. The van der Waals surface area contributed by atoms with Crippen LogP contribution in [-0.4, -0.2) is 23.3 Å². The van der Waals surface area contributed by atoms with E-state index >= 15 is 0 Å². The van der Waals surface area contributed by atoms with Gasteiger partial charge < -0.3 is 9.84 Å². The molecule has 0 fully saturated rings. The molecule has 0 unspecified atom stereocenters. The quantitative estimate of drug-likeness (QED) is 0.672. The van der Waals surface area contributed by atoms with E-state index in [4.69, 9.17) is 11.6 Å². The van der Waals surface area contributed by atoms with Crippen LogP contribution in [-0.2, 0) is 4.74 Å². The van der Waals surface area contributed by atoms with Gasteiger partial charge in [-0.05, 0) is 25.1 Å². The normalized spacial score (nSPS) is 10.9. The number of carbonyl (C=O) groups excluding carboxylic acids is 1. The second kappa shape index (κ2) is 5.70. The molecule has 7 nitrogen and oxygen atoms in total. The minimum absolute atomic E-state index is 0.180. The van der Waals surface area contributed by atoms with E-state index in [1.54, 1.807) is 13.0 Å². The highest BCUT2D eigenvalue weighted by Gasteiger charge is 2.11. The molecule has 1 aromatic heterocycles. The maximum Gasteiger partial charge on any atom is 0.339 e. The van der Waals surface area contributed by atoms with Crippen LogP contribution in [0.3, 0.4) is 0 Å². The van der Waals surface area contributed by atoms with Crippen LogP contribution in [0.15, 0.2) is 33.2 Å². The third-order valence-corrected chi connectivity index (χ3v) is 2.88. The number of nitrogens with zero attached hydrogens (tertiary/aromatic N) is 2. The van der Waals surface area contributed by atoms with Crippen molar-refractivity contribution in [2.75, 3.05) is 7.11 Å². The van der Waals surface area contributed by atoms with Crippen LogP contribution in [0.5, 0.6) is 0 Å². The number of methoxy groups -OCH3 is 1. The van der Waals surface area contributed by atoms with Gasteiger partial charge in [0, 0.05) is 0 Å². The number of benzene rings is 1. The number of aromatic amines is 2. The zero-order chi connectivity index (χ0) is 14.7. The van der Waals surface area contributed by atoms with Crippen molar-refractivity contribution in [3.05, 3.63) is 44.8 Å². The van der Waals surface area contributed by atoms with Gasteiger partial charge in [0.15, 0.2) is 5.69 Å². The molecule has 0 aliphatic carbocycles. The van der Waals surface area contributed by atoms with E-state index in [9.17, 15) is 9.59 Å². The van der Waals surface area contributed by atoms with E-state index in [2.05, 4.69) is 25.2 Å². The molecule has 0 bridgehead atoms. The Morgan fingerprint density at radius 2 is 2.05 bits per heavy atom. The van der Waals surface area contributed by atoms with E-state index in [1.165, 1.54) is 19.2 Å². The largest absolute Gasteiger partial charge is 0.465 e. The number of nitrogens with one attached hydrogen (secondary N) is 2. The fourth-order valence-corrected chi connectivity index (χ4v) is 1.70. The Kier molecular flexibility index (Phi) is 3.99. The molecule has 20 heavy (non-hydrogen) atoms. The summed E-state index contributed by atoms with van der Waals surface area (Å²) >= 11 is 5.89. The highest BCUT2D eigenvalue weighted by molar-refractivity contribution is 6.33. The van der Waals surface area contributed by atoms with Gasteiger partial charge in [-0.15, -0.1) is 5.11 Å². The van der Waals surface area contributed by atoms with E-state index in [-0.39, 0.29) is 21.8 Å². The Labute approximate surface area is 118 Å². The highest BCUT2D eigenvalue weighted by Crippen LogP contribution is 2.24. The summed E-state index contributed by atoms with van der Waals surface area (Å²) in [6.45, 7) is 1.69. The molecule has 0 aliphatic rings. The standard InChI is InChI=1S/C12H11ClN4O3/c1-6-10(11(18)17-14-6)16-15-7-3-4-9(13)8(5-7)12(19)20-2/h3-5H,1-2H3,(H2,14,17,18). The predicted molar refractivity (Wildman–Crippen MR) is 73.1 cm³/mol. The highest BCUT2D eigenvalue weighted by atomic mass is 35.5. The van der Waals surface area contributed by atoms with Gasteiger partial charge >= 0.3 is 5.97 Å². The number of carbonyl (C=O) groups is 1. The lowest BCUT2D eigenvalue weighted by Gasteiger charge is -2.02. The molecule has 0 saturated heterocycles. The van der Waals surface area contributed by atoms with Gasteiger partial charge in [-0.25, -0.2) is 4.79 Å². The minimum atomic E-state index is -0.567. The summed E-state index contributed by atoms with van der Waals surface area (Å²) in [5, 5.41) is 13.0. The molecule has 0 saturated carbocycles. The molecule has 2 N–H and O–H groups in total. The summed E-state index contributed by atoms with van der Waals surface area (Å²) in [5.41, 5.74) is 0.953. The average Bonchev–Trinajstić information content (AvgIpc) is 2.76. The Morgan fingerprint density at radius 1 is 1.30 bits per heavy atom. The van der Waals surface area contributed by atoms with Crippen LogP contribution in [0.4, 0.5) is 11.4 Å². The number of azo groups is 1. The summed E-state index contributed by atoms with van der Waals surface area (Å²) in [7, 11) is 1.26. The number of hydrogen-bond donors (Lipinski definition) is 2. The van der Waals surface area contributed by atoms with Crippen molar-refractivity contribution in [3.8, 4) is 0 Å². The third kappa shape index (κ3) is 2.77. The molecule has 0 radical (unpaired) electrons. The van der Waals surface area contributed by atoms with Crippen LogP contribution in [0.2, 0.25) is 5.02 Å². The van der Waals surface area contributed by atoms with E-state index in [0.717, 1.165) is 0 Å². The van der Waals surface area contributed by atoms with Gasteiger partial charge in [-0.2, -0.15) is 5.11 Å². The lowest BCUT2D eigenvalue weighted by Crippen LogP contribution is -2.01. The number of esters is 1. The van der Waals surface area contributed by atoms with Crippen molar-refractivity contribution in [2.45, 2.75) is 6.92 Å². The maximum atomic E-state index is 11.5. The number of H-pyrrole nitrogens is 2. The number of ether oxygens (including phenoxy) is 1. The fourth-order valence-electron chi connectivity index (χ4n) is 1.51. The summed E-state index contributed by atoms with van der Waals surface area (Å²) in [5.74, 6) is -0.567. The van der Waals surface area contributed by atoms with E-state index in [0.29, 0.717) is 11.4 Å². The van der Waals surface area contributed by atoms with Crippen molar-refractivity contribution < 1.29 is 9.53 Å². The van der Waals surface area contributed by atoms with Crippen LogP contribution in [0, 0.1) is 6.92 Å². The molecule has 0 atom stereocenters. The molecule has 1 heterocycles. The van der Waals surface area contributed by atoms with Crippen molar-refractivity contribution in [1.82, 2.24) is 10.2 Å². The van der Waals surface area contributed by atoms with Gasteiger partial charge in [-0.1, -0.05) is 11.6 Å². The molecule has 0 amide bonds. The van der Waals surface area contributed by atoms with Gasteiger partial charge in [0.1, 0.15) is 0 Å². The fraction of sp³-hybridized carbons (Fsp3) is 0.167. The monoisotopic (exact) mass is 294 g/mol. The van der Waals surface area contributed by atoms with E-state index < -0.39 is 5.97 Å². The molecule has 2 aromatic rings. The number of hydrogen-bond acceptors (Lipinski definition) is 5. The first-order valence-corrected chi connectivity index (χ1v) is 5.97. The molecule has 2 rings (SSSR count). The Balaban J connectivity index is 2.35. The van der Waals surface area contributed by atoms with Crippen LogP contribution in [0.1, 0.15) is 16.1 Å². The molecule has 1 aromatic carbocycles. The van der Waals surface area contributed by atoms with Crippen molar-refractivity contribution >= 4 is 28.9 Å². The lowest BCUT2D eigenvalue weighted by molar-refractivity contribution is 0.0601. The zero-order valence-electron chi connectivity index (χ0n) is 10.7. The molecular weight excluding hydrogens is 284 g/mol. The number of rotatable bonds is 3. The van der Waals surface area contributed by atoms with Gasteiger partial charge in [0.25, 0.3) is 5.56 Å². The van der Waals surface area contributed by atoms with Crippen molar-refractivity contribution in [3.63, 3.8) is 0 Å². The number of halogens is 1. The first-order valence-electron chi connectivity index (χ1n) is 5.59. The average molecular weight is 295 g/mol. The second-order valence-corrected chi connectivity index (χ2v) is 4.32. The molecule has 0 spiro atoms. The zero-order valence-corrected chi connectivity index (χ0v) is 11.5. The smallest absolute Gasteiger partial charge is 0.339 e. The first kappa shape index (κ1) is 14.0. The lowest BCUT2D eigenvalue weighted by atomic mass is 10.2. The topological polar surface area (TPSA) is 99.7 Å². The van der Waals surface area contributed by atoms with Crippen LogP contribution >= 0.6 is 11.6 Å². The van der Waals surface area contributed by atoms with Gasteiger partial charge in [0.2, 0.25) is 0 Å². The predicted octanol–water partition coefficient (Wildman–Crippen LogP) is 2.87. The Hall–Kier alpha value is -2.41. The minimum Gasteiger partial charge on any atom is -0.465 e. The molecule has 0 aliphatic heterocycles. The van der Waals surface area contributed by atoms with E-state index in [1.807, 2.05) is 0 Å². The van der Waals surface area contributed by atoms with Crippen LogP contribution < -0.4 is 5.56 Å². The van der Waals surface area contributed by atoms with Crippen molar-refractivity contribution in [2.24, 2.45) is 10.2 Å². The van der Waals surface area contributed by atoms with Gasteiger partial charge in [-0.3, -0.25) is 9.89 Å². The summed E-state index contributed by atoms with van der Waals surface area (Å²) in [6, 6.07) is 4.53. The molecule has 104 valence electrons. The number of aromatic nitrogens is 2. The first-order chi connectivity index (χ1) is 9.52. The molecular formula is C12H11ClN4O3.